The third kappa shape index (κ3) is 5.08. The van der Waals surface area contributed by atoms with Gasteiger partial charge in [0.15, 0.2) is 5.76 Å². The molecule has 0 bridgehead atoms. The van der Waals surface area contributed by atoms with Gasteiger partial charge in [0.1, 0.15) is 28.8 Å². The summed E-state index contributed by atoms with van der Waals surface area (Å²) in [5.41, 5.74) is -0.0214. The second-order valence-corrected chi connectivity index (χ2v) is 5.70. The van der Waals surface area contributed by atoms with Crippen LogP contribution in [0.1, 0.15) is 35.7 Å². The molecule has 2 N–H and O–H groups in total. The molecule has 0 saturated carbocycles. The van der Waals surface area contributed by atoms with Crippen LogP contribution in [-0.2, 0) is 6.42 Å². The Kier molecular flexibility index (Phi) is 6.96. The maximum Gasteiger partial charge on any atom is 0.291 e. The van der Waals surface area contributed by atoms with Gasteiger partial charge in [0.25, 0.3) is 5.91 Å². The fraction of sp³-hybridized carbons (Fsp3) is 0.150. The molecule has 0 atom stereocenters. The quantitative estimate of drug-likeness (QED) is 0.590. The molecule has 2 aromatic carbocycles. The summed E-state index contributed by atoms with van der Waals surface area (Å²) < 4.78 is 32.5. The zero-order chi connectivity index (χ0) is 20.0. The number of nitrogens with one attached hydrogen (secondary N) is 1. The highest BCUT2D eigenvalue weighted by atomic mass is 35.5. The Hall–Kier alpha value is -2.86. The molecule has 1 aromatic heterocycles. The number of para-hydroxylation sites is 1. The summed E-state index contributed by atoms with van der Waals surface area (Å²) in [6.45, 7) is 4.00. The molecular formula is C20H18ClF2NO3. The van der Waals surface area contributed by atoms with E-state index in [1.54, 1.807) is 12.1 Å². The molecule has 0 spiro atoms. The number of anilines is 1. The molecular weight excluding hydrogens is 376 g/mol. The lowest BCUT2D eigenvalue weighted by Crippen LogP contribution is -2.13. The molecule has 0 aliphatic rings. The number of phenols is 1. The van der Waals surface area contributed by atoms with Crippen molar-refractivity contribution < 1.29 is 23.1 Å². The monoisotopic (exact) mass is 393 g/mol. The third-order valence-corrected chi connectivity index (χ3v) is 3.73. The van der Waals surface area contributed by atoms with E-state index >= 15 is 0 Å². The first kappa shape index (κ1) is 20.5. The minimum atomic E-state index is -0.885. The standard InChI is InChI=1S/C18H12ClF2NO3.C2H6/c19-11-4-6-15(23)10(8-11)9-12-5-7-16(25-12)18(24)22-17-13(20)2-1-3-14(17)21;1-2/h1-8,23H,9H2,(H,22,24);1-2H3. The molecule has 4 nitrogen and oxygen atoms in total. The minimum Gasteiger partial charge on any atom is -0.508 e. The van der Waals surface area contributed by atoms with E-state index in [0.29, 0.717) is 16.3 Å². The lowest BCUT2D eigenvalue weighted by atomic mass is 10.1. The van der Waals surface area contributed by atoms with Crippen LogP contribution in [0, 0.1) is 11.6 Å². The van der Waals surface area contributed by atoms with E-state index in [1.807, 2.05) is 13.8 Å². The van der Waals surface area contributed by atoms with Crippen LogP contribution in [0.4, 0.5) is 14.5 Å². The van der Waals surface area contributed by atoms with Gasteiger partial charge in [-0.25, -0.2) is 8.78 Å². The van der Waals surface area contributed by atoms with Gasteiger partial charge in [-0.15, -0.1) is 0 Å². The summed E-state index contributed by atoms with van der Waals surface area (Å²) in [7, 11) is 0. The van der Waals surface area contributed by atoms with Crippen molar-refractivity contribution in [3.63, 3.8) is 0 Å². The summed E-state index contributed by atoms with van der Waals surface area (Å²) in [5.74, 6) is -2.24. The number of carbonyl (C=O) groups is 1. The topological polar surface area (TPSA) is 62.5 Å². The number of rotatable bonds is 4. The second kappa shape index (κ2) is 9.19. The van der Waals surface area contributed by atoms with Crippen LogP contribution in [0.25, 0.3) is 0 Å². The average molecular weight is 394 g/mol. The lowest BCUT2D eigenvalue weighted by molar-refractivity contribution is 0.0994. The molecule has 1 heterocycles. The Morgan fingerprint density at radius 3 is 2.44 bits per heavy atom. The van der Waals surface area contributed by atoms with E-state index in [2.05, 4.69) is 5.32 Å². The van der Waals surface area contributed by atoms with Gasteiger partial charge < -0.3 is 14.8 Å². The number of halogens is 3. The number of aromatic hydroxyl groups is 1. The highest BCUT2D eigenvalue weighted by molar-refractivity contribution is 6.30. The maximum atomic E-state index is 13.6. The Balaban J connectivity index is 0.00000126. The number of furan rings is 1. The SMILES string of the molecule is CC.O=C(Nc1c(F)cccc1F)c1ccc(Cc2cc(Cl)ccc2O)o1. The van der Waals surface area contributed by atoms with Crippen LogP contribution >= 0.6 is 11.6 Å². The average Bonchev–Trinajstić information content (AvgIpc) is 3.12. The van der Waals surface area contributed by atoms with Crippen molar-refractivity contribution in [1.82, 2.24) is 0 Å². The first-order valence-corrected chi connectivity index (χ1v) is 8.63. The van der Waals surface area contributed by atoms with Crippen LogP contribution < -0.4 is 5.32 Å². The first-order chi connectivity index (χ1) is 12.9. The fourth-order valence-electron chi connectivity index (χ4n) is 2.27. The summed E-state index contributed by atoms with van der Waals surface area (Å²) >= 11 is 5.88. The molecule has 7 heteroatoms. The Morgan fingerprint density at radius 2 is 1.78 bits per heavy atom. The summed E-state index contributed by atoms with van der Waals surface area (Å²) in [6, 6.07) is 10.8. The molecule has 0 radical (unpaired) electrons. The largest absolute Gasteiger partial charge is 0.508 e. The van der Waals surface area contributed by atoms with Crippen LogP contribution in [-0.4, -0.2) is 11.0 Å². The van der Waals surface area contributed by atoms with E-state index in [9.17, 15) is 18.7 Å². The number of hydrogen-bond donors (Lipinski definition) is 2. The lowest BCUT2D eigenvalue weighted by Gasteiger charge is -2.06. The van der Waals surface area contributed by atoms with Gasteiger partial charge in [0, 0.05) is 17.0 Å². The van der Waals surface area contributed by atoms with Crippen molar-refractivity contribution in [2.24, 2.45) is 0 Å². The number of amides is 1. The van der Waals surface area contributed by atoms with Gasteiger partial charge in [-0.2, -0.15) is 0 Å². The van der Waals surface area contributed by atoms with E-state index in [1.165, 1.54) is 24.3 Å². The predicted molar refractivity (Wildman–Crippen MR) is 100 cm³/mol. The van der Waals surface area contributed by atoms with Crippen molar-refractivity contribution in [3.8, 4) is 5.75 Å². The molecule has 3 aromatic rings. The smallest absolute Gasteiger partial charge is 0.291 e. The number of phenolic OH excluding ortho intramolecular Hbond substituents is 1. The van der Waals surface area contributed by atoms with Gasteiger partial charge in [0.05, 0.1) is 0 Å². The van der Waals surface area contributed by atoms with Crippen LogP contribution in [0.2, 0.25) is 5.02 Å². The Labute approximate surface area is 160 Å². The van der Waals surface area contributed by atoms with Gasteiger partial charge in [-0.3, -0.25) is 4.79 Å². The highest BCUT2D eigenvalue weighted by Crippen LogP contribution is 2.25. The molecule has 0 aliphatic carbocycles. The van der Waals surface area contributed by atoms with Crippen molar-refractivity contribution >= 4 is 23.2 Å². The number of carbonyl (C=O) groups excluding carboxylic acids is 1. The van der Waals surface area contributed by atoms with Gasteiger partial charge in [0.2, 0.25) is 0 Å². The molecule has 142 valence electrons. The zero-order valence-corrected chi connectivity index (χ0v) is 15.5. The van der Waals surface area contributed by atoms with Gasteiger partial charge in [-0.1, -0.05) is 31.5 Å². The van der Waals surface area contributed by atoms with Gasteiger partial charge in [-0.05, 0) is 42.5 Å². The molecule has 0 saturated heterocycles. The van der Waals surface area contributed by atoms with E-state index < -0.39 is 23.2 Å². The summed E-state index contributed by atoms with van der Waals surface area (Å²) in [6.07, 6.45) is 0.202. The molecule has 0 unspecified atom stereocenters. The van der Waals surface area contributed by atoms with Crippen molar-refractivity contribution in [3.05, 3.63) is 82.3 Å². The predicted octanol–water partition coefficient (Wildman–Crippen LogP) is 5.79. The third-order valence-electron chi connectivity index (χ3n) is 3.49. The van der Waals surface area contributed by atoms with E-state index in [0.717, 1.165) is 12.1 Å². The van der Waals surface area contributed by atoms with Crippen LogP contribution in [0.5, 0.6) is 5.75 Å². The maximum absolute atomic E-state index is 13.6. The fourth-order valence-corrected chi connectivity index (χ4v) is 2.47. The Bertz CT molecular complexity index is 920. The molecule has 1 amide bonds. The van der Waals surface area contributed by atoms with E-state index in [4.69, 9.17) is 16.0 Å². The van der Waals surface area contributed by atoms with Crippen LogP contribution in [0.15, 0.2) is 52.9 Å². The number of hydrogen-bond acceptors (Lipinski definition) is 3. The van der Waals surface area contributed by atoms with E-state index in [-0.39, 0.29) is 17.9 Å². The zero-order valence-electron chi connectivity index (χ0n) is 14.7. The summed E-state index contributed by atoms with van der Waals surface area (Å²) in [4.78, 5) is 12.1. The highest BCUT2D eigenvalue weighted by Gasteiger charge is 2.17. The normalized spacial score (nSPS) is 10.1. The number of benzene rings is 2. The van der Waals surface area contributed by atoms with Gasteiger partial charge >= 0.3 is 0 Å². The summed E-state index contributed by atoms with van der Waals surface area (Å²) in [5, 5.41) is 12.4. The second-order valence-electron chi connectivity index (χ2n) is 5.27. The molecule has 0 fully saturated rings. The van der Waals surface area contributed by atoms with Crippen LogP contribution in [0.3, 0.4) is 0 Å². The van der Waals surface area contributed by atoms with Crippen molar-refractivity contribution in [2.75, 3.05) is 5.32 Å². The molecule has 0 aliphatic heterocycles. The molecule has 27 heavy (non-hydrogen) atoms. The van der Waals surface area contributed by atoms with Crippen molar-refractivity contribution in [2.45, 2.75) is 20.3 Å². The van der Waals surface area contributed by atoms with Crippen molar-refractivity contribution in [1.29, 1.82) is 0 Å². The minimum absolute atomic E-state index is 0.0419. The first-order valence-electron chi connectivity index (χ1n) is 8.25. The Morgan fingerprint density at radius 1 is 1.11 bits per heavy atom. The molecule has 3 rings (SSSR count).